The molecule has 19 heavy (non-hydrogen) atoms. The Balaban J connectivity index is 1.72. The number of thioether (sulfide) groups is 1. The lowest BCUT2D eigenvalue weighted by molar-refractivity contribution is 0.627. The number of hydrogen-bond donors (Lipinski definition) is 1. The smallest absolute Gasteiger partial charge is 0.125 e. The summed E-state index contributed by atoms with van der Waals surface area (Å²) in [5.41, 5.74) is 3.39. The highest BCUT2D eigenvalue weighted by molar-refractivity contribution is 7.99. The molecule has 1 heterocycles. The summed E-state index contributed by atoms with van der Waals surface area (Å²) >= 11 is 1.90. The third kappa shape index (κ3) is 2.61. The van der Waals surface area contributed by atoms with E-state index in [2.05, 4.69) is 29.6 Å². The number of benzene rings is 2. The van der Waals surface area contributed by atoms with Crippen molar-refractivity contribution >= 4 is 17.4 Å². The summed E-state index contributed by atoms with van der Waals surface area (Å²) in [5.74, 6) is 1.42. The van der Waals surface area contributed by atoms with Gasteiger partial charge in [0, 0.05) is 28.8 Å². The normalized spacial score (nSPS) is 17.3. The fraction of sp³-hybridized carbons (Fsp3) is 0.250. The van der Waals surface area contributed by atoms with Gasteiger partial charge in [0.2, 0.25) is 0 Å². The Morgan fingerprint density at radius 1 is 1.26 bits per heavy atom. The molecule has 2 aromatic carbocycles. The summed E-state index contributed by atoms with van der Waals surface area (Å²) in [6.45, 7) is 2.85. The molecule has 0 saturated heterocycles. The molecule has 0 aliphatic carbocycles. The average molecular weight is 273 g/mol. The summed E-state index contributed by atoms with van der Waals surface area (Å²) in [6, 6.07) is 13.4. The van der Waals surface area contributed by atoms with E-state index < -0.39 is 0 Å². The van der Waals surface area contributed by atoms with Crippen molar-refractivity contribution in [3.63, 3.8) is 0 Å². The standard InChI is InChI=1S/C16H16FNS/c1-11-6-7-13(17)8-15(11)18-9-12-10-19-16-5-3-2-4-14(12)16/h2-8,12,18H,9-10H2,1H3. The molecule has 1 nitrogen and oxygen atoms in total. The van der Waals surface area contributed by atoms with Crippen LogP contribution >= 0.6 is 11.8 Å². The zero-order valence-electron chi connectivity index (χ0n) is 10.8. The first kappa shape index (κ1) is 12.5. The maximum Gasteiger partial charge on any atom is 0.125 e. The van der Waals surface area contributed by atoms with Gasteiger partial charge >= 0.3 is 0 Å². The van der Waals surface area contributed by atoms with E-state index in [-0.39, 0.29) is 5.82 Å². The molecule has 1 atom stereocenters. The zero-order valence-corrected chi connectivity index (χ0v) is 11.6. The highest BCUT2D eigenvalue weighted by Crippen LogP contribution is 2.39. The van der Waals surface area contributed by atoms with Gasteiger partial charge in [-0.15, -0.1) is 11.8 Å². The molecule has 0 fully saturated rings. The molecule has 2 aromatic rings. The summed E-state index contributed by atoms with van der Waals surface area (Å²) in [5, 5.41) is 3.38. The number of aryl methyl sites for hydroxylation is 1. The Morgan fingerprint density at radius 2 is 2.11 bits per heavy atom. The van der Waals surface area contributed by atoms with E-state index in [0.29, 0.717) is 5.92 Å². The van der Waals surface area contributed by atoms with Crippen LogP contribution < -0.4 is 5.32 Å². The Kier molecular flexibility index (Phi) is 3.47. The number of hydrogen-bond acceptors (Lipinski definition) is 2. The fourth-order valence-electron chi connectivity index (χ4n) is 2.42. The van der Waals surface area contributed by atoms with E-state index in [9.17, 15) is 4.39 Å². The minimum atomic E-state index is -0.186. The molecular weight excluding hydrogens is 257 g/mol. The predicted octanol–water partition coefficient (Wildman–Crippen LogP) is 4.44. The van der Waals surface area contributed by atoms with Gasteiger partial charge in [0.25, 0.3) is 0 Å². The second kappa shape index (κ2) is 5.25. The van der Waals surface area contributed by atoms with Crippen LogP contribution in [0.4, 0.5) is 10.1 Å². The summed E-state index contributed by atoms with van der Waals surface area (Å²) in [6.07, 6.45) is 0. The van der Waals surface area contributed by atoms with Crippen LogP contribution in [0.25, 0.3) is 0 Å². The van der Waals surface area contributed by atoms with Gasteiger partial charge in [-0.1, -0.05) is 24.3 Å². The largest absolute Gasteiger partial charge is 0.384 e. The van der Waals surface area contributed by atoms with Crippen molar-refractivity contribution in [2.75, 3.05) is 17.6 Å². The van der Waals surface area contributed by atoms with Crippen molar-refractivity contribution in [2.24, 2.45) is 0 Å². The quantitative estimate of drug-likeness (QED) is 0.887. The van der Waals surface area contributed by atoms with Gasteiger partial charge in [0.15, 0.2) is 0 Å². The molecule has 3 rings (SSSR count). The van der Waals surface area contributed by atoms with Crippen LogP contribution in [0.5, 0.6) is 0 Å². The van der Waals surface area contributed by atoms with Gasteiger partial charge in [-0.2, -0.15) is 0 Å². The average Bonchev–Trinajstić information content (AvgIpc) is 2.83. The zero-order chi connectivity index (χ0) is 13.2. The van der Waals surface area contributed by atoms with Gasteiger partial charge in [0.1, 0.15) is 5.82 Å². The van der Waals surface area contributed by atoms with Crippen molar-refractivity contribution in [1.82, 2.24) is 0 Å². The summed E-state index contributed by atoms with van der Waals surface area (Å²) in [7, 11) is 0. The monoisotopic (exact) mass is 273 g/mol. The Morgan fingerprint density at radius 3 is 3.00 bits per heavy atom. The minimum absolute atomic E-state index is 0.186. The third-order valence-corrected chi connectivity index (χ3v) is 4.79. The predicted molar refractivity (Wildman–Crippen MR) is 79.5 cm³/mol. The molecule has 1 aliphatic rings. The molecule has 0 radical (unpaired) electrons. The first-order valence-corrected chi connectivity index (χ1v) is 7.44. The molecule has 98 valence electrons. The Bertz CT molecular complexity index is 597. The molecule has 1 N–H and O–H groups in total. The molecule has 0 amide bonds. The van der Waals surface area contributed by atoms with E-state index in [0.717, 1.165) is 23.5 Å². The number of fused-ring (bicyclic) bond motifs is 1. The second-order valence-electron chi connectivity index (χ2n) is 4.89. The highest BCUT2D eigenvalue weighted by Gasteiger charge is 2.22. The van der Waals surface area contributed by atoms with Crippen LogP contribution in [0, 0.1) is 12.7 Å². The molecular formula is C16H16FNS. The van der Waals surface area contributed by atoms with Gasteiger partial charge in [-0.05, 0) is 36.2 Å². The second-order valence-corrected chi connectivity index (χ2v) is 5.95. The van der Waals surface area contributed by atoms with E-state index in [1.54, 1.807) is 6.07 Å². The van der Waals surface area contributed by atoms with Crippen molar-refractivity contribution < 1.29 is 4.39 Å². The maximum absolute atomic E-state index is 13.2. The highest BCUT2D eigenvalue weighted by atomic mass is 32.2. The summed E-state index contributed by atoms with van der Waals surface area (Å²) < 4.78 is 13.2. The molecule has 3 heteroatoms. The van der Waals surface area contributed by atoms with Crippen molar-refractivity contribution in [2.45, 2.75) is 17.7 Å². The fourth-order valence-corrected chi connectivity index (χ4v) is 3.67. The number of anilines is 1. The van der Waals surface area contributed by atoms with Crippen LogP contribution in [-0.2, 0) is 0 Å². The van der Waals surface area contributed by atoms with E-state index in [1.807, 2.05) is 24.8 Å². The van der Waals surface area contributed by atoms with Crippen molar-refractivity contribution in [1.29, 1.82) is 0 Å². The van der Waals surface area contributed by atoms with E-state index >= 15 is 0 Å². The first-order valence-electron chi connectivity index (χ1n) is 6.46. The maximum atomic E-state index is 13.2. The topological polar surface area (TPSA) is 12.0 Å². The van der Waals surface area contributed by atoms with Crippen LogP contribution in [-0.4, -0.2) is 12.3 Å². The first-order chi connectivity index (χ1) is 9.24. The lowest BCUT2D eigenvalue weighted by Crippen LogP contribution is -2.13. The van der Waals surface area contributed by atoms with Crippen molar-refractivity contribution in [3.8, 4) is 0 Å². The molecule has 1 unspecified atom stereocenters. The van der Waals surface area contributed by atoms with Gasteiger partial charge < -0.3 is 5.32 Å². The summed E-state index contributed by atoms with van der Waals surface area (Å²) in [4.78, 5) is 1.38. The van der Waals surface area contributed by atoms with Crippen LogP contribution in [0.2, 0.25) is 0 Å². The molecule has 0 aromatic heterocycles. The Labute approximate surface area is 117 Å². The van der Waals surface area contributed by atoms with E-state index in [4.69, 9.17) is 0 Å². The molecule has 0 saturated carbocycles. The molecule has 0 spiro atoms. The van der Waals surface area contributed by atoms with Gasteiger partial charge in [-0.25, -0.2) is 4.39 Å². The number of nitrogens with one attached hydrogen (secondary N) is 1. The molecule has 1 aliphatic heterocycles. The Hall–Kier alpha value is -1.48. The lowest BCUT2D eigenvalue weighted by Gasteiger charge is -2.14. The SMILES string of the molecule is Cc1ccc(F)cc1NCC1CSc2ccccc21. The number of halogens is 1. The van der Waals surface area contributed by atoms with E-state index in [1.165, 1.54) is 16.5 Å². The van der Waals surface area contributed by atoms with Crippen LogP contribution in [0.1, 0.15) is 17.0 Å². The third-order valence-electron chi connectivity index (χ3n) is 3.54. The van der Waals surface area contributed by atoms with Crippen LogP contribution in [0.15, 0.2) is 47.4 Å². The molecule has 0 bridgehead atoms. The minimum Gasteiger partial charge on any atom is -0.384 e. The van der Waals surface area contributed by atoms with Crippen molar-refractivity contribution in [3.05, 3.63) is 59.4 Å². The lowest BCUT2D eigenvalue weighted by atomic mass is 10.0. The van der Waals surface area contributed by atoms with Gasteiger partial charge in [0.05, 0.1) is 0 Å². The van der Waals surface area contributed by atoms with Crippen LogP contribution in [0.3, 0.4) is 0 Å². The number of rotatable bonds is 3. The van der Waals surface area contributed by atoms with Gasteiger partial charge in [-0.3, -0.25) is 0 Å².